The number of nitrogens with zero attached hydrogens (tertiary/aromatic N) is 2. The van der Waals surface area contributed by atoms with Gasteiger partial charge >= 0.3 is 0 Å². The molecule has 0 radical (unpaired) electrons. The average molecular weight is 514 g/mol. The summed E-state index contributed by atoms with van der Waals surface area (Å²) in [5, 5.41) is 15.8. The molecule has 3 N–H and O–H groups in total. The molecule has 2 aliphatic heterocycles. The summed E-state index contributed by atoms with van der Waals surface area (Å²) in [7, 11) is 1.52. The Hall–Kier alpha value is -3.68. The highest BCUT2D eigenvalue weighted by Crippen LogP contribution is 2.58. The molecule has 11 heteroatoms. The molecule has 196 valence electrons. The number of halogens is 2. The van der Waals surface area contributed by atoms with Crippen molar-refractivity contribution in [2.75, 3.05) is 20.2 Å². The van der Waals surface area contributed by atoms with Crippen LogP contribution in [-0.2, 0) is 9.59 Å². The number of likely N-dealkylation sites (tertiary alicyclic amines) is 1. The van der Waals surface area contributed by atoms with Gasteiger partial charge in [0.25, 0.3) is 5.91 Å². The summed E-state index contributed by atoms with van der Waals surface area (Å²) in [6, 6.07) is 7.05. The van der Waals surface area contributed by atoms with Crippen molar-refractivity contribution in [2.45, 2.75) is 56.5 Å². The largest absolute Gasteiger partial charge is 0.496 e. The number of nitrogens with one attached hydrogen (secondary N) is 3. The van der Waals surface area contributed by atoms with Crippen LogP contribution in [0.15, 0.2) is 24.3 Å². The van der Waals surface area contributed by atoms with E-state index in [1.54, 1.807) is 24.3 Å². The third kappa shape index (κ3) is 4.72. The first-order chi connectivity index (χ1) is 17.6. The van der Waals surface area contributed by atoms with Gasteiger partial charge in [-0.25, -0.2) is 8.78 Å². The molecule has 1 saturated carbocycles. The van der Waals surface area contributed by atoms with Gasteiger partial charge in [-0.3, -0.25) is 14.4 Å². The topological polar surface area (TPSA) is 127 Å². The number of nitriles is 1. The SMILES string of the molecule is COc1cccc2[nH]c(C(=O)N3CC4(C[C@@H]3C(=O)N[C@H](C#N)C[C@@H]3CCCNC3=O)CC(F)(F)C4)cc12. The van der Waals surface area contributed by atoms with Crippen molar-refractivity contribution in [3.05, 3.63) is 30.0 Å². The number of aromatic nitrogens is 1. The van der Waals surface area contributed by atoms with Gasteiger partial charge in [-0.2, -0.15) is 5.26 Å². The fraction of sp³-hybridized carbons (Fsp3) is 0.538. The lowest BCUT2D eigenvalue weighted by molar-refractivity contribution is -0.155. The van der Waals surface area contributed by atoms with E-state index in [-0.39, 0.29) is 31.0 Å². The highest BCUT2D eigenvalue weighted by atomic mass is 19.3. The van der Waals surface area contributed by atoms with Crippen molar-refractivity contribution in [1.29, 1.82) is 5.26 Å². The number of methoxy groups -OCH3 is 1. The molecule has 1 aromatic carbocycles. The van der Waals surface area contributed by atoms with E-state index in [1.165, 1.54) is 12.0 Å². The van der Waals surface area contributed by atoms with Gasteiger partial charge in [-0.15, -0.1) is 0 Å². The van der Waals surface area contributed by atoms with Crippen LogP contribution in [0.2, 0.25) is 0 Å². The van der Waals surface area contributed by atoms with Crippen molar-refractivity contribution >= 4 is 28.6 Å². The van der Waals surface area contributed by atoms with E-state index in [9.17, 15) is 28.4 Å². The number of hydrogen-bond donors (Lipinski definition) is 3. The van der Waals surface area contributed by atoms with Gasteiger partial charge in [0.05, 0.1) is 13.2 Å². The molecule has 9 nitrogen and oxygen atoms in total. The second-order valence-electron chi connectivity index (χ2n) is 10.5. The van der Waals surface area contributed by atoms with E-state index in [0.29, 0.717) is 29.6 Å². The number of alkyl halides is 2. The van der Waals surface area contributed by atoms with E-state index in [1.807, 2.05) is 6.07 Å². The van der Waals surface area contributed by atoms with E-state index < -0.39 is 54.0 Å². The Morgan fingerprint density at radius 2 is 2.14 bits per heavy atom. The van der Waals surface area contributed by atoms with Gasteiger partial charge in [0.15, 0.2) is 0 Å². The maximum Gasteiger partial charge on any atom is 0.271 e. The highest BCUT2D eigenvalue weighted by Gasteiger charge is 2.62. The zero-order valence-electron chi connectivity index (χ0n) is 20.5. The van der Waals surface area contributed by atoms with Crippen LogP contribution in [0, 0.1) is 22.7 Å². The number of ether oxygens (including phenoxy) is 1. The van der Waals surface area contributed by atoms with E-state index in [2.05, 4.69) is 15.6 Å². The molecule has 2 saturated heterocycles. The first-order valence-electron chi connectivity index (χ1n) is 12.5. The summed E-state index contributed by atoms with van der Waals surface area (Å²) in [5.74, 6) is -3.84. The maximum absolute atomic E-state index is 13.9. The zero-order valence-corrected chi connectivity index (χ0v) is 20.5. The Morgan fingerprint density at radius 3 is 2.81 bits per heavy atom. The highest BCUT2D eigenvalue weighted by molar-refractivity contribution is 6.02. The molecule has 2 aromatic rings. The smallest absolute Gasteiger partial charge is 0.271 e. The molecule has 1 aliphatic carbocycles. The van der Waals surface area contributed by atoms with Crippen LogP contribution in [-0.4, -0.2) is 65.8 Å². The number of rotatable bonds is 6. The molecule has 3 atom stereocenters. The summed E-state index contributed by atoms with van der Waals surface area (Å²) in [6.07, 6.45) is 0.872. The monoisotopic (exact) mass is 513 g/mol. The number of fused-ring (bicyclic) bond motifs is 1. The van der Waals surface area contributed by atoms with Crippen LogP contribution in [0.3, 0.4) is 0 Å². The van der Waals surface area contributed by atoms with Gasteiger partial charge in [0.1, 0.15) is 23.5 Å². The molecular formula is C26H29F2N5O4. The van der Waals surface area contributed by atoms with Crippen molar-refractivity contribution in [2.24, 2.45) is 11.3 Å². The number of aromatic amines is 1. The van der Waals surface area contributed by atoms with Gasteiger partial charge in [0.2, 0.25) is 17.7 Å². The minimum absolute atomic E-state index is 0.0221. The van der Waals surface area contributed by atoms with E-state index in [0.717, 1.165) is 6.42 Å². The fourth-order valence-corrected chi connectivity index (χ4v) is 6.14. The van der Waals surface area contributed by atoms with Crippen molar-refractivity contribution < 1.29 is 27.9 Å². The number of amides is 3. The first kappa shape index (κ1) is 25.0. The molecule has 0 bridgehead atoms. The summed E-state index contributed by atoms with van der Waals surface area (Å²) in [6.45, 7) is 0.610. The van der Waals surface area contributed by atoms with Crippen LogP contribution in [0.5, 0.6) is 5.75 Å². The number of benzene rings is 1. The molecule has 3 heterocycles. The van der Waals surface area contributed by atoms with Crippen molar-refractivity contribution in [1.82, 2.24) is 20.5 Å². The lowest BCUT2D eigenvalue weighted by atomic mass is 9.65. The Morgan fingerprint density at radius 1 is 1.35 bits per heavy atom. The van der Waals surface area contributed by atoms with Crippen LogP contribution in [0.25, 0.3) is 10.9 Å². The Balaban J connectivity index is 1.37. The number of hydrogen-bond acceptors (Lipinski definition) is 5. The molecule has 37 heavy (non-hydrogen) atoms. The van der Waals surface area contributed by atoms with Crippen LogP contribution >= 0.6 is 0 Å². The molecule has 3 aliphatic rings. The fourth-order valence-electron chi connectivity index (χ4n) is 6.14. The van der Waals surface area contributed by atoms with Crippen LogP contribution in [0.1, 0.15) is 49.0 Å². The lowest BCUT2D eigenvalue weighted by Crippen LogP contribution is -2.50. The lowest BCUT2D eigenvalue weighted by Gasteiger charge is -2.44. The molecule has 1 spiro atoms. The van der Waals surface area contributed by atoms with Gasteiger partial charge in [-0.05, 0) is 43.9 Å². The Labute approximate surface area is 212 Å². The number of piperidine rings is 1. The first-order valence-corrected chi connectivity index (χ1v) is 12.5. The van der Waals surface area contributed by atoms with Gasteiger partial charge < -0.3 is 25.3 Å². The Bertz CT molecular complexity index is 1280. The van der Waals surface area contributed by atoms with E-state index >= 15 is 0 Å². The number of H-pyrrole nitrogens is 1. The normalized spacial score (nSPS) is 24.7. The number of carbonyl (C=O) groups excluding carboxylic acids is 3. The van der Waals surface area contributed by atoms with Crippen LogP contribution in [0.4, 0.5) is 8.78 Å². The van der Waals surface area contributed by atoms with Gasteiger partial charge in [0, 0.05) is 48.2 Å². The molecular weight excluding hydrogens is 484 g/mol. The standard InChI is InChI=1S/C26H29F2N5O4/c1-37-21-6-2-5-18-17(21)9-19(32-18)24(36)33-14-25(12-26(27,28)13-25)10-20(33)23(35)31-16(11-29)8-15-4-3-7-30-22(15)34/h2,5-6,9,15-16,20,32H,3-4,7-8,10,12-14H2,1H3,(H,30,34)(H,31,35)/t15-,16-,20+/m0/s1. The van der Waals surface area contributed by atoms with Crippen LogP contribution < -0.4 is 15.4 Å². The Kier molecular flexibility index (Phi) is 6.30. The second kappa shape index (κ2) is 9.32. The molecule has 3 amide bonds. The molecule has 5 rings (SSSR count). The minimum Gasteiger partial charge on any atom is -0.496 e. The summed E-state index contributed by atoms with van der Waals surface area (Å²) < 4.78 is 33.2. The average Bonchev–Trinajstić information content (AvgIpc) is 3.46. The zero-order chi connectivity index (χ0) is 26.4. The molecule has 3 fully saturated rings. The second-order valence-corrected chi connectivity index (χ2v) is 10.5. The third-order valence-electron chi connectivity index (χ3n) is 7.81. The molecule has 1 aromatic heterocycles. The van der Waals surface area contributed by atoms with E-state index in [4.69, 9.17) is 4.74 Å². The number of carbonyl (C=O) groups is 3. The summed E-state index contributed by atoms with van der Waals surface area (Å²) in [4.78, 5) is 43.5. The quantitative estimate of drug-likeness (QED) is 0.548. The third-order valence-corrected chi connectivity index (χ3v) is 7.81. The van der Waals surface area contributed by atoms with Crippen molar-refractivity contribution in [3.8, 4) is 11.8 Å². The van der Waals surface area contributed by atoms with Gasteiger partial charge in [-0.1, -0.05) is 6.07 Å². The van der Waals surface area contributed by atoms with Crippen molar-refractivity contribution in [3.63, 3.8) is 0 Å². The maximum atomic E-state index is 13.9. The summed E-state index contributed by atoms with van der Waals surface area (Å²) in [5.41, 5.74) is 0.0373. The minimum atomic E-state index is -2.82. The predicted molar refractivity (Wildman–Crippen MR) is 129 cm³/mol. The predicted octanol–water partition coefficient (Wildman–Crippen LogP) is 2.73. The summed E-state index contributed by atoms with van der Waals surface area (Å²) >= 11 is 0. The molecule has 0 unspecified atom stereocenters.